The number of alkyl carbamates (subject to hydrolysis) is 1. The van der Waals surface area contributed by atoms with E-state index in [0.717, 1.165) is 0 Å². The van der Waals surface area contributed by atoms with E-state index in [1.54, 1.807) is 20.8 Å². The van der Waals surface area contributed by atoms with E-state index in [1.165, 1.54) is 45.2 Å². The SMILES string of the molecule is COC(=O)[C@H](C)NC(=O)[C@H](NC(=O)[C@H](C)NC(=O)OC(C)(C)C)c1ccc(O)cc1. The molecule has 4 N–H and O–H groups in total. The number of hydrogen-bond donors (Lipinski definition) is 4. The third kappa shape index (κ3) is 7.98. The molecule has 30 heavy (non-hydrogen) atoms. The highest BCUT2D eigenvalue weighted by Gasteiger charge is 2.29. The van der Waals surface area contributed by atoms with E-state index in [-0.39, 0.29) is 5.75 Å². The molecule has 0 aliphatic heterocycles. The molecule has 3 amide bonds. The summed E-state index contributed by atoms with van der Waals surface area (Å²) >= 11 is 0. The van der Waals surface area contributed by atoms with Crippen LogP contribution in [0.3, 0.4) is 0 Å². The van der Waals surface area contributed by atoms with E-state index in [0.29, 0.717) is 5.56 Å². The fourth-order valence-electron chi connectivity index (χ4n) is 2.32. The summed E-state index contributed by atoms with van der Waals surface area (Å²) in [6, 6.07) is 2.47. The molecule has 166 valence electrons. The molecule has 1 rings (SSSR count). The number of hydrogen-bond acceptors (Lipinski definition) is 7. The molecule has 0 aliphatic rings. The van der Waals surface area contributed by atoms with Crippen LogP contribution in [-0.4, -0.2) is 53.8 Å². The minimum atomic E-state index is -1.19. The number of aromatic hydroxyl groups is 1. The normalized spacial score (nSPS) is 13.9. The monoisotopic (exact) mass is 423 g/mol. The first kappa shape index (κ1) is 24.7. The maximum atomic E-state index is 12.7. The minimum Gasteiger partial charge on any atom is -0.508 e. The van der Waals surface area contributed by atoms with Crippen molar-refractivity contribution in [1.82, 2.24) is 16.0 Å². The van der Waals surface area contributed by atoms with Crippen molar-refractivity contribution < 1.29 is 33.8 Å². The Morgan fingerprint density at radius 3 is 1.97 bits per heavy atom. The van der Waals surface area contributed by atoms with E-state index < -0.39 is 47.6 Å². The van der Waals surface area contributed by atoms with Gasteiger partial charge in [0.1, 0.15) is 29.5 Å². The lowest BCUT2D eigenvalue weighted by atomic mass is 10.0. The number of benzene rings is 1. The lowest BCUT2D eigenvalue weighted by Crippen LogP contribution is -2.51. The molecule has 0 saturated heterocycles. The summed E-state index contributed by atoms with van der Waals surface area (Å²) in [4.78, 5) is 48.8. The first-order chi connectivity index (χ1) is 13.8. The zero-order valence-electron chi connectivity index (χ0n) is 17.9. The highest BCUT2D eigenvalue weighted by Crippen LogP contribution is 2.18. The van der Waals surface area contributed by atoms with E-state index >= 15 is 0 Å². The molecule has 0 aromatic heterocycles. The highest BCUT2D eigenvalue weighted by molar-refractivity contribution is 5.93. The number of ether oxygens (including phenoxy) is 2. The fourth-order valence-corrected chi connectivity index (χ4v) is 2.32. The summed E-state index contributed by atoms with van der Waals surface area (Å²) in [6.07, 6.45) is -0.782. The number of rotatable bonds is 7. The van der Waals surface area contributed by atoms with E-state index in [9.17, 15) is 24.3 Å². The van der Waals surface area contributed by atoms with E-state index in [1.807, 2.05) is 0 Å². The molecule has 0 aliphatic carbocycles. The maximum Gasteiger partial charge on any atom is 0.408 e. The predicted molar refractivity (Wildman–Crippen MR) is 107 cm³/mol. The van der Waals surface area contributed by atoms with E-state index in [2.05, 4.69) is 20.7 Å². The van der Waals surface area contributed by atoms with Gasteiger partial charge in [0.25, 0.3) is 0 Å². The molecule has 0 radical (unpaired) electrons. The zero-order valence-corrected chi connectivity index (χ0v) is 17.9. The van der Waals surface area contributed by atoms with Crippen molar-refractivity contribution in [3.05, 3.63) is 29.8 Å². The Morgan fingerprint density at radius 1 is 0.900 bits per heavy atom. The quantitative estimate of drug-likeness (QED) is 0.482. The lowest BCUT2D eigenvalue weighted by Gasteiger charge is -2.24. The van der Waals surface area contributed by atoms with Gasteiger partial charge in [-0.1, -0.05) is 12.1 Å². The Morgan fingerprint density at radius 2 is 1.47 bits per heavy atom. The van der Waals surface area contributed by atoms with Gasteiger partial charge in [-0.3, -0.25) is 9.59 Å². The molecule has 1 aromatic rings. The number of esters is 1. The zero-order chi connectivity index (χ0) is 23.1. The van der Waals surface area contributed by atoms with E-state index in [4.69, 9.17) is 4.74 Å². The molecule has 0 unspecified atom stereocenters. The Labute approximate surface area is 175 Å². The summed E-state index contributed by atoms with van der Waals surface area (Å²) in [5.74, 6) is -2.00. The highest BCUT2D eigenvalue weighted by atomic mass is 16.6. The molecule has 10 heteroatoms. The van der Waals surface area contributed by atoms with Gasteiger partial charge >= 0.3 is 12.1 Å². The number of carbonyl (C=O) groups is 4. The van der Waals surface area contributed by atoms with Gasteiger partial charge in [-0.15, -0.1) is 0 Å². The fraction of sp³-hybridized carbons (Fsp3) is 0.500. The first-order valence-corrected chi connectivity index (χ1v) is 9.31. The summed E-state index contributed by atoms with van der Waals surface area (Å²) in [5.41, 5.74) is -0.376. The van der Waals surface area contributed by atoms with Crippen LogP contribution in [0.4, 0.5) is 4.79 Å². The van der Waals surface area contributed by atoms with Gasteiger partial charge in [0.2, 0.25) is 11.8 Å². The second kappa shape index (κ2) is 10.5. The Kier molecular flexibility index (Phi) is 8.63. The summed E-state index contributed by atoms with van der Waals surface area (Å²) < 4.78 is 9.69. The van der Waals surface area contributed by atoms with Gasteiger partial charge < -0.3 is 30.5 Å². The van der Waals surface area contributed by atoms with Gasteiger partial charge in [-0.25, -0.2) is 9.59 Å². The van der Waals surface area contributed by atoms with Crippen molar-refractivity contribution in [2.45, 2.75) is 58.3 Å². The van der Waals surface area contributed by atoms with Crippen LogP contribution in [0.2, 0.25) is 0 Å². The Hall–Kier alpha value is -3.30. The number of phenolic OH excluding ortho intramolecular Hbond substituents is 1. The largest absolute Gasteiger partial charge is 0.508 e. The van der Waals surface area contributed by atoms with Crippen molar-refractivity contribution in [2.75, 3.05) is 7.11 Å². The second-order valence-electron chi connectivity index (χ2n) is 7.65. The topological polar surface area (TPSA) is 143 Å². The Bertz CT molecular complexity index is 772. The molecule has 10 nitrogen and oxygen atoms in total. The van der Waals surface area contributed by atoms with Crippen LogP contribution in [0.25, 0.3) is 0 Å². The van der Waals surface area contributed by atoms with Crippen molar-refractivity contribution >= 4 is 23.9 Å². The predicted octanol–water partition coefficient (Wildman–Crippen LogP) is 1.14. The van der Waals surface area contributed by atoms with Crippen LogP contribution in [0.1, 0.15) is 46.2 Å². The van der Waals surface area contributed by atoms with Crippen molar-refractivity contribution in [3.63, 3.8) is 0 Å². The Balaban J connectivity index is 2.95. The van der Waals surface area contributed by atoms with Gasteiger partial charge in [0.05, 0.1) is 7.11 Å². The smallest absolute Gasteiger partial charge is 0.408 e. The first-order valence-electron chi connectivity index (χ1n) is 9.31. The average Bonchev–Trinajstić information content (AvgIpc) is 2.64. The number of methoxy groups -OCH3 is 1. The van der Waals surface area contributed by atoms with Crippen LogP contribution in [0.15, 0.2) is 24.3 Å². The van der Waals surface area contributed by atoms with Crippen LogP contribution in [0, 0.1) is 0 Å². The molecular formula is C20H29N3O7. The number of amides is 3. The van der Waals surface area contributed by atoms with Gasteiger partial charge in [-0.2, -0.15) is 0 Å². The summed E-state index contributed by atoms with van der Waals surface area (Å²) in [7, 11) is 1.19. The lowest BCUT2D eigenvalue weighted by molar-refractivity contribution is -0.144. The van der Waals surface area contributed by atoms with Crippen molar-refractivity contribution in [2.24, 2.45) is 0 Å². The third-order valence-electron chi connectivity index (χ3n) is 3.82. The van der Waals surface area contributed by atoms with Crippen LogP contribution in [-0.2, 0) is 23.9 Å². The molecule has 0 fully saturated rings. The maximum absolute atomic E-state index is 12.7. The van der Waals surface area contributed by atoms with Gasteiger partial charge in [0.15, 0.2) is 0 Å². The molecule has 0 bridgehead atoms. The van der Waals surface area contributed by atoms with Gasteiger partial charge in [0, 0.05) is 0 Å². The van der Waals surface area contributed by atoms with Crippen molar-refractivity contribution in [1.29, 1.82) is 0 Å². The van der Waals surface area contributed by atoms with Crippen LogP contribution < -0.4 is 16.0 Å². The molecular weight excluding hydrogens is 394 g/mol. The molecule has 0 spiro atoms. The number of phenols is 1. The van der Waals surface area contributed by atoms with Crippen LogP contribution in [0.5, 0.6) is 5.75 Å². The second-order valence-corrected chi connectivity index (χ2v) is 7.65. The number of nitrogens with one attached hydrogen (secondary N) is 3. The molecule has 3 atom stereocenters. The average molecular weight is 423 g/mol. The van der Waals surface area contributed by atoms with Gasteiger partial charge in [-0.05, 0) is 52.3 Å². The summed E-state index contributed by atoms with van der Waals surface area (Å²) in [6.45, 7) is 7.93. The number of carbonyl (C=O) groups excluding carboxylic acids is 4. The molecule has 0 heterocycles. The summed E-state index contributed by atoms with van der Waals surface area (Å²) in [5, 5.41) is 16.9. The standard InChI is InChI=1S/C20H29N3O7/c1-11(22-19(28)30-20(3,4)5)16(25)23-15(13-7-9-14(24)10-8-13)17(26)21-12(2)18(27)29-6/h7-12,15,24H,1-6H3,(H,21,26)(H,22,28)(H,23,25)/t11-,12-,15+/m0/s1. The molecule has 0 saturated carbocycles. The third-order valence-corrected chi connectivity index (χ3v) is 3.82. The van der Waals surface area contributed by atoms with Crippen LogP contribution >= 0.6 is 0 Å². The van der Waals surface area contributed by atoms with Crippen molar-refractivity contribution in [3.8, 4) is 5.75 Å². The minimum absolute atomic E-state index is 0.0212. The molecule has 1 aromatic carbocycles.